The van der Waals surface area contributed by atoms with Crippen molar-refractivity contribution >= 4 is 17.5 Å². The zero-order valence-electron chi connectivity index (χ0n) is 12.9. The van der Waals surface area contributed by atoms with Gasteiger partial charge in [-0.2, -0.15) is 0 Å². The molecule has 0 unspecified atom stereocenters. The molecule has 2 saturated heterocycles. The third-order valence-corrected chi connectivity index (χ3v) is 4.37. The zero-order chi connectivity index (χ0) is 15.5. The first-order valence-electron chi connectivity index (χ1n) is 7.90. The number of hydrogen-bond donors (Lipinski definition) is 1. The Labute approximate surface area is 130 Å². The predicted octanol–water partition coefficient (Wildman–Crippen LogP) is 1.64. The molecule has 2 aliphatic rings. The molecule has 1 aromatic carbocycles. The number of anilines is 1. The molecule has 0 saturated carbocycles. The van der Waals surface area contributed by atoms with E-state index in [4.69, 9.17) is 4.74 Å². The second-order valence-corrected chi connectivity index (χ2v) is 6.12. The summed E-state index contributed by atoms with van der Waals surface area (Å²) in [6.45, 7) is 3.80. The fourth-order valence-corrected chi connectivity index (χ4v) is 3.02. The molecule has 118 valence electrons. The third-order valence-electron chi connectivity index (χ3n) is 4.37. The van der Waals surface area contributed by atoms with Gasteiger partial charge in [0, 0.05) is 31.8 Å². The van der Waals surface area contributed by atoms with Crippen molar-refractivity contribution in [3.8, 4) is 0 Å². The van der Waals surface area contributed by atoms with E-state index in [0.717, 1.165) is 30.7 Å². The van der Waals surface area contributed by atoms with Gasteiger partial charge in [0.15, 0.2) is 0 Å². The Hall–Kier alpha value is -1.88. The van der Waals surface area contributed by atoms with Crippen LogP contribution >= 0.6 is 0 Å². The van der Waals surface area contributed by atoms with E-state index in [9.17, 15) is 9.59 Å². The monoisotopic (exact) mass is 302 g/mol. The van der Waals surface area contributed by atoms with E-state index in [1.165, 1.54) is 0 Å². The van der Waals surface area contributed by atoms with Crippen LogP contribution in [0.4, 0.5) is 5.69 Å². The number of aryl methyl sites for hydroxylation is 1. The van der Waals surface area contributed by atoms with Gasteiger partial charge in [-0.1, -0.05) is 17.7 Å². The van der Waals surface area contributed by atoms with Gasteiger partial charge in [0.2, 0.25) is 11.8 Å². The quantitative estimate of drug-likeness (QED) is 0.920. The van der Waals surface area contributed by atoms with E-state index >= 15 is 0 Å². The number of ether oxygens (including phenoxy) is 1. The highest BCUT2D eigenvalue weighted by atomic mass is 16.5. The smallest absolute Gasteiger partial charge is 0.227 e. The van der Waals surface area contributed by atoms with Gasteiger partial charge in [-0.25, -0.2) is 0 Å². The maximum absolute atomic E-state index is 12.2. The van der Waals surface area contributed by atoms with E-state index < -0.39 is 0 Å². The van der Waals surface area contributed by atoms with Crippen molar-refractivity contribution in [2.45, 2.75) is 32.3 Å². The fourth-order valence-electron chi connectivity index (χ4n) is 3.02. The Balaban J connectivity index is 1.56. The fraction of sp³-hybridized carbons (Fsp3) is 0.529. The predicted molar refractivity (Wildman–Crippen MR) is 83.6 cm³/mol. The van der Waals surface area contributed by atoms with Crippen LogP contribution in [-0.2, 0) is 14.3 Å². The molecular formula is C17H22N2O3. The first-order valence-corrected chi connectivity index (χ1v) is 7.90. The summed E-state index contributed by atoms with van der Waals surface area (Å²) < 4.78 is 5.50. The molecule has 0 aromatic heterocycles. The van der Waals surface area contributed by atoms with Crippen LogP contribution in [0.1, 0.15) is 24.8 Å². The number of benzene rings is 1. The molecule has 0 bridgehead atoms. The maximum atomic E-state index is 12.2. The molecule has 0 radical (unpaired) electrons. The molecule has 2 aliphatic heterocycles. The summed E-state index contributed by atoms with van der Waals surface area (Å²) in [6.07, 6.45) is 2.48. The first-order chi connectivity index (χ1) is 10.6. The number of nitrogens with zero attached hydrogens (tertiary/aromatic N) is 1. The van der Waals surface area contributed by atoms with Crippen molar-refractivity contribution in [1.29, 1.82) is 0 Å². The van der Waals surface area contributed by atoms with Gasteiger partial charge < -0.3 is 15.0 Å². The number of rotatable bonds is 4. The van der Waals surface area contributed by atoms with Crippen LogP contribution in [-0.4, -0.2) is 37.6 Å². The number of amides is 2. The summed E-state index contributed by atoms with van der Waals surface area (Å²) in [7, 11) is 0. The van der Waals surface area contributed by atoms with Crippen molar-refractivity contribution in [3.63, 3.8) is 0 Å². The van der Waals surface area contributed by atoms with Gasteiger partial charge in [0.1, 0.15) is 0 Å². The van der Waals surface area contributed by atoms with E-state index in [-0.39, 0.29) is 30.3 Å². The second-order valence-electron chi connectivity index (χ2n) is 6.12. The molecular weight excluding hydrogens is 280 g/mol. The molecule has 2 atom stereocenters. The van der Waals surface area contributed by atoms with Crippen molar-refractivity contribution < 1.29 is 14.3 Å². The van der Waals surface area contributed by atoms with Gasteiger partial charge in [0.25, 0.3) is 0 Å². The van der Waals surface area contributed by atoms with Crippen LogP contribution in [0.5, 0.6) is 0 Å². The van der Waals surface area contributed by atoms with Gasteiger partial charge >= 0.3 is 0 Å². The van der Waals surface area contributed by atoms with Crippen molar-refractivity contribution in [3.05, 3.63) is 29.8 Å². The lowest BCUT2D eigenvalue weighted by molar-refractivity contribution is -0.126. The van der Waals surface area contributed by atoms with Crippen molar-refractivity contribution in [2.24, 2.45) is 5.92 Å². The SMILES string of the molecule is Cc1ccc(N2C[C@H](C(=O)NC[C@@H]3CCCO3)CC2=O)cc1. The molecule has 5 heteroatoms. The lowest BCUT2D eigenvalue weighted by Crippen LogP contribution is -2.37. The van der Waals surface area contributed by atoms with Crippen LogP contribution in [0.15, 0.2) is 24.3 Å². The summed E-state index contributed by atoms with van der Waals surface area (Å²) >= 11 is 0. The molecule has 22 heavy (non-hydrogen) atoms. The largest absolute Gasteiger partial charge is 0.376 e. The zero-order valence-corrected chi connectivity index (χ0v) is 12.9. The molecule has 2 heterocycles. The van der Waals surface area contributed by atoms with Crippen LogP contribution in [0.2, 0.25) is 0 Å². The van der Waals surface area contributed by atoms with E-state index in [0.29, 0.717) is 13.1 Å². The van der Waals surface area contributed by atoms with Crippen LogP contribution in [0, 0.1) is 12.8 Å². The molecule has 1 aromatic rings. The Morgan fingerprint density at radius 3 is 2.82 bits per heavy atom. The lowest BCUT2D eigenvalue weighted by Gasteiger charge is -2.17. The molecule has 0 aliphatic carbocycles. The minimum atomic E-state index is -0.268. The number of carbonyl (C=O) groups excluding carboxylic acids is 2. The Morgan fingerprint density at radius 1 is 1.36 bits per heavy atom. The van der Waals surface area contributed by atoms with E-state index in [1.54, 1.807) is 4.90 Å². The highest BCUT2D eigenvalue weighted by Gasteiger charge is 2.35. The Morgan fingerprint density at radius 2 is 2.14 bits per heavy atom. The second kappa shape index (κ2) is 6.48. The number of carbonyl (C=O) groups is 2. The molecule has 2 amide bonds. The van der Waals surface area contributed by atoms with Gasteiger partial charge in [-0.05, 0) is 31.9 Å². The number of nitrogens with one attached hydrogen (secondary N) is 1. The topological polar surface area (TPSA) is 58.6 Å². The summed E-state index contributed by atoms with van der Waals surface area (Å²) in [5.41, 5.74) is 2.02. The minimum absolute atomic E-state index is 0.0149. The van der Waals surface area contributed by atoms with Crippen LogP contribution in [0.25, 0.3) is 0 Å². The molecule has 1 N–H and O–H groups in total. The van der Waals surface area contributed by atoms with Crippen molar-refractivity contribution in [2.75, 3.05) is 24.6 Å². The van der Waals surface area contributed by atoms with Gasteiger partial charge in [-0.15, -0.1) is 0 Å². The van der Waals surface area contributed by atoms with Gasteiger partial charge in [-0.3, -0.25) is 9.59 Å². The average molecular weight is 302 g/mol. The Bertz CT molecular complexity index is 550. The van der Waals surface area contributed by atoms with E-state index in [1.807, 2.05) is 31.2 Å². The van der Waals surface area contributed by atoms with Crippen LogP contribution < -0.4 is 10.2 Å². The highest BCUT2D eigenvalue weighted by Crippen LogP contribution is 2.25. The normalized spacial score (nSPS) is 24.8. The highest BCUT2D eigenvalue weighted by molar-refractivity contribution is 6.00. The first kappa shape index (κ1) is 15.0. The summed E-state index contributed by atoms with van der Waals surface area (Å²) in [5.74, 6) is -0.296. The lowest BCUT2D eigenvalue weighted by atomic mass is 10.1. The maximum Gasteiger partial charge on any atom is 0.227 e. The van der Waals surface area contributed by atoms with Gasteiger partial charge in [0.05, 0.1) is 12.0 Å². The van der Waals surface area contributed by atoms with Crippen LogP contribution in [0.3, 0.4) is 0 Å². The minimum Gasteiger partial charge on any atom is -0.376 e. The summed E-state index contributed by atoms with van der Waals surface area (Å²) in [5, 5.41) is 2.93. The summed E-state index contributed by atoms with van der Waals surface area (Å²) in [4.78, 5) is 26.1. The summed E-state index contributed by atoms with van der Waals surface area (Å²) in [6, 6.07) is 7.82. The molecule has 0 spiro atoms. The Kier molecular flexibility index (Phi) is 4.43. The molecule has 5 nitrogen and oxygen atoms in total. The van der Waals surface area contributed by atoms with E-state index in [2.05, 4.69) is 5.32 Å². The third kappa shape index (κ3) is 3.30. The molecule has 2 fully saturated rings. The average Bonchev–Trinajstić information content (AvgIpc) is 3.15. The number of hydrogen-bond acceptors (Lipinski definition) is 3. The standard InChI is InChI=1S/C17H22N2O3/c1-12-4-6-14(7-5-12)19-11-13(9-16(19)20)17(21)18-10-15-3-2-8-22-15/h4-7,13,15H,2-3,8-11H2,1H3,(H,18,21)/t13-,15+/m1/s1. The van der Waals surface area contributed by atoms with Crippen molar-refractivity contribution in [1.82, 2.24) is 5.32 Å². The molecule has 3 rings (SSSR count).